The van der Waals surface area contributed by atoms with Crippen molar-refractivity contribution in [2.75, 3.05) is 25.5 Å². The first-order valence-electron chi connectivity index (χ1n) is 9.95. The summed E-state index contributed by atoms with van der Waals surface area (Å²) in [6.07, 6.45) is 5.69. The molecule has 0 aliphatic carbocycles. The number of carbonyl (C=O) groups is 2. The summed E-state index contributed by atoms with van der Waals surface area (Å²) >= 11 is 0. The number of fused-ring (bicyclic) bond motifs is 1. The fraction of sp³-hybridized carbons (Fsp3) is 0.409. The maximum Gasteiger partial charge on any atom is 0.274 e. The topological polar surface area (TPSA) is 65.5 Å². The van der Waals surface area contributed by atoms with E-state index in [1.807, 2.05) is 24.1 Å². The molecular formula is C22H26N4O2. The van der Waals surface area contributed by atoms with Crippen LogP contribution in [0.3, 0.4) is 0 Å². The molecule has 2 aliphatic heterocycles. The lowest BCUT2D eigenvalue weighted by Gasteiger charge is -2.37. The Morgan fingerprint density at radius 3 is 2.79 bits per heavy atom. The Labute approximate surface area is 165 Å². The Kier molecular flexibility index (Phi) is 5.39. The first kappa shape index (κ1) is 18.6. The molecule has 1 N–H and O–H groups in total. The molecule has 1 aromatic carbocycles. The molecule has 1 fully saturated rings. The van der Waals surface area contributed by atoms with E-state index in [2.05, 4.69) is 21.3 Å². The van der Waals surface area contributed by atoms with Gasteiger partial charge in [0.2, 0.25) is 5.91 Å². The first-order chi connectivity index (χ1) is 13.6. The fourth-order valence-corrected chi connectivity index (χ4v) is 4.11. The van der Waals surface area contributed by atoms with Gasteiger partial charge in [-0.3, -0.25) is 19.5 Å². The van der Waals surface area contributed by atoms with E-state index in [1.54, 1.807) is 24.4 Å². The molecule has 1 aromatic heterocycles. The van der Waals surface area contributed by atoms with Gasteiger partial charge in [-0.1, -0.05) is 18.6 Å². The maximum absolute atomic E-state index is 13.0. The van der Waals surface area contributed by atoms with Gasteiger partial charge in [0.15, 0.2) is 0 Å². The molecule has 0 saturated carbocycles. The molecule has 2 amide bonds. The van der Waals surface area contributed by atoms with Crippen molar-refractivity contribution in [3.8, 4) is 0 Å². The lowest BCUT2D eigenvalue weighted by Crippen LogP contribution is -2.50. The number of likely N-dealkylation sites (tertiary alicyclic amines) is 1. The van der Waals surface area contributed by atoms with Gasteiger partial charge < -0.3 is 10.2 Å². The summed E-state index contributed by atoms with van der Waals surface area (Å²) in [4.78, 5) is 33.6. The van der Waals surface area contributed by atoms with Crippen molar-refractivity contribution in [3.63, 3.8) is 0 Å². The number of piperidine rings is 1. The van der Waals surface area contributed by atoms with E-state index >= 15 is 0 Å². The number of aromatic nitrogens is 1. The van der Waals surface area contributed by atoms with Crippen LogP contribution in [0.15, 0.2) is 42.6 Å². The third-order valence-electron chi connectivity index (χ3n) is 5.74. The standard InChI is InChI=1S/C22H26N4O2/c1-25-12-5-3-7-20(25)22(28)26-13-10-16-8-9-18(14-17(16)15-26)24-21(27)19-6-2-4-11-23-19/h2,4,6,8-9,11,14,20H,3,5,7,10,12-13,15H2,1H3,(H,24,27)/t20-/m0/s1. The second-order valence-corrected chi connectivity index (χ2v) is 7.65. The van der Waals surface area contributed by atoms with Gasteiger partial charge >= 0.3 is 0 Å². The van der Waals surface area contributed by atoms with Crippen LogP contribution in [-0.4, -0.2) is 52.8 Å². The second kappa shape index (κ2) is 8.10. The number of rotatable bonds is 3. The van der Waals surface area contributed by atoms with E-state index in [-0.39, 0.29) is 17.9 Å². The first-order valence-corrected chi connectivity index (χ1v) is 9.95. The molecule has 3 heterocycles. The normalized spacial score (nSPS) is 19.8. The van der Waals surface area contributed by atoms with Crippen molar-refractivity contribution in [1.29, 1.82) is 0 Å². The third-order valence-corrected chi connectivity index (χ3v) is 5.74. The molecule has 1 saturated heterocycles. The summed E-state index contributed by atoms with van der Waals surface area (Å²) in [5, 5.41) is 2.91. The Morgan fingerprint density at radius 2 is 2.00 bits per heavy atom. The summed E-state index contributed by atoms with van der Waals surface area (Å²) in [5.74, 6) is 0.00361. The highest BCUT2D eigenvalue weighted by molar-refractivity contribution is 6.02. The number of pyridine rings is 1. The second-order valence-electron chi connectivity index (χ2n) is 7.65. The van der Waals surface area contributed by atoms with Gasteiger partial charge in [-0.05, 0) is 68.2 Å². The Morgan fingerprint density at radius 1 is 1.11 bits per heavy atom. The van der Waals surface area contributed by atoms with E-state index in [0.29, 0.717) is 12.2 Å². The number of benzene rings is 1. The molecule has 146 valence electrons. The van der Waals surface area contributed by atoms with E-state index in [0.717, 1.165) is 43.6 Å². The van der Waals surface area contributed by atoms with E-state index in [4.69, 9.17) is 0 Å². The molecule has 2 aromatic rings. The quantitative estimate of drug-likeness (QED) is 0.892. The zero-order valence-corrected chi connectivity index (χ0v) is 16.2. The third kappa shape index (κ3) is 3.92. The van der Waals surface area contributed by atoms with Gasteiger partial charge in [-0.25, -0.2) is 0 Å². The number of anilines is 1. The molecule has 0 spiro atoms. The van der Waals surface area contributed by atoms with Crippen LogP contribution in [0.5, 0.6) is 0 Å². The smallest absolute Gasteiger partial charge is 0.274 e. The van der Waals surface area contributed by atoms with Gasteiger partial charge in [-0.2, -0.15) is 0 Å². The molecule has 1 atom stereocenters. The van der Waals surface area contributed by atoms with Crippen LogP contribution in [-0.2, 0) is 17.8 Å². The van der Waals surface area contributed by atoms with E-state index in [9.17, 15) is 9.59 Å². The molecule has 4 rings (SSSR count). The van der Waals surface area contributed by atoms with Crippen LogP contribution >= 0.6 is 0 Å². The largest absolute Gasteiger partial charge is 0.337 e. The fourth-order valence-electron chi connectivity index (χ4n) is 4.11. The summed E-state index contributed by atoms with van der Waals surface area (Å²) in [5.41, 5.74) is 3.48. The van der Waals surface area contributed by atoms with Crippen molar-refractivity contribution < 1.29 is 9.59 Å². The monoisotopic (exact) mass is 378 g/mol. The van der Waals surface area contributed by atoms with Crippen LogP contribution in [0, 0.1) is 0 Å². The van der Waals surface area contributed by atoms with Crippen molar-refractivity contribution >= 4 is 17.5 Å². The molecule has 6 heteroatoms. The van der Waals surface area contributed by atoms with Crippen molar-refractivity contribution in [3.05, 3.63) is 59.4 Å². The van der Waals surface area contributed by atoms with Gasteiger partial charge in [0, 0.05) is 25.0 Å². The molecule has 28 heavy (non-hydrogen) atoms. The number of amides is 2. The van der Waals surface area contributed by atoms with Crippen LogP contribution in [0.25, 0.3) is 0 Å². The van der Waals surface area contributed by atoms with Crippen molar-refractivity contribution in [2.45, 2.75) is 38.3 Å². The highest BCUT2D eigenvalue weighted by Crippen LogP contribution is 2.25. The molecule has 0 radical (unpaired) electrons. The van der Waals surface area contributed by atoms with Gasteiger partial charge in [-0.15, -0.1) is 0 Å². The lowest BCUT2D eigenvalue weighted by atomic mass is 9.96. The number of hydrogen-bond acceptors (Lipinski definition) is 4. The maximum atomic E-state index is 13.0. The predicted molar refractivity (Wildman–Crippen MR) is 108 cm³/mol. The highest BCUT2D eigenvalue weighted by atomic mass is 16.2. The average Bonchev–Trinajstić information content (AvgIpc) is 2.73. The molecule has 0 bridgehead atoms. The number of hydrogen-bond donors (Lipinski definition) is 1. The summed E-state index contributed by atoms with van der Waals surface area (Å²) in [6.45, 7) is 2.35. The number of likely N-dealkylation sites (N-methyl/N-ethyl adjacent to an activating group) is 1. The Bertz CT molecular complexity index is 868. The minimum atomic E-state index is -0.229. The predicted octanol–water partition coefficient (Wildman–Crippen LogP) is 2.70. The highest BCUT2D eigenvalue weighted by Gasteiger charge is 2.31. The molecule has 2 aliphatic rings. The minimum Gasteiger partial charge on any atom is -0.337 e. The Balaban J connectivity index is 1.46. The molecule has 0 unspecified atom stereocenters. The SMILES string of the molecule is CN1CCCC[C@H]1C(=O)N1CCc2ccc(NC(=O)c3ccccn3)cc2C1. The van der Waals surface area contributed by atoms with Gasteiger partial charge in [0.1, 0.15) is 5.69 Å². The summed E-state index contributed by atoms with van der Waals surface area (Å²) < 4.78 is 0. The van der Waals surface area contributed by atoms with Crippen molar-refractivity contribution in [1.82, 2.24) is 14.8 Å². The number of nitrogens with one attached hydrogen (secondary N) is 1. The van der Waals surface area contributed by atoms with E-state index in [1.165, 1.54) is 12.0 Å². The molecular weight excluding hydrogens is 352 g/mol. The average molecular weight is 378 g/mol. The summed E-state index contributed by atoms with van der Waals surface area (Å²) in [6, 6.07) is 11.2. The zero-order chi connectivity index (χ0) is 19.5. The van der Waals surface area contributed by atoms with Crippen molar-refractivity contribution in [2.24, 2.45) is 0 Å². The number of nitrogens with zero attached hydrogens (tertiary/aromatic N) is 3. The van der Waals surface area contributed by atoms with Crippen LogP contribution in [0.2, 0.25) is 0 Å². The van der Waals surface area contributed by atoms with Crippen LogP contribution in [0.1, 0.15) is 40.9 Å². The summed E-state index contributed by atoms with van der Waals surface area (Å²) in [7, 11) is 2.05. The van der Waals surface area contributed by atoms with E-state index < -0.39 is 0 Å². The number of carbonyl (C=O) groups excluding carboxylic acids is 2. The van der Waals surface area contributed by atoms with Gasteiger partial charge in [0.05, 0.1) is 6.04 Å². The minimum absolute atomic E-state index is 0.00217. The Hall–Kier alpha value is -2.73. The van der Waals surface area contributed by atoms with Gasteiger partial charge in [0.25, 0.3) is 5.91 Å². The lowest BCUT2D eigenvalue weighted by molar-refractivity contribution is -0.138. The van der Waals surface area contributed by atoms with Crippen LogP contribution < -0.4 is 5.32 Å². The van der Waals surface area contributed by atoms with Crippen LogP contribution in [0.4, 0.5) is 5.69 Å². The zero-order valence-electron chi connectivity index (χ0n) is 16.2. The molecule has 6 nitrogen and oxygen atoms in total.